The molecule has 0 aliphatic rings. The highest BCUT2D eigenvalue weighted by molar-refractivity contribution is 5.88. The Morgan fingerprint density at radius 3 is 1.75 bits per heavy atom. The Bertz CT molecular complexity index is 466. The number of hydrogen-bond acceptors (Lipinski definition) is 7. The minimum atomic E-state index is -0.720. The van der Waals surface area contributed by atoms with Gasteiger partial charge >= 0.3 is 0 Å². The molecule has 2 atom stereocenters. The number of nitrogens with two attached hydrogens (primary N) is 4. The maximum absolute atomic E-state index is 11.1. The molecule has 0 fully saturated rings. The molecule has 0 aromatic carbocycles. The van der Waals surface area contributed by atoms with Crippen LogP contribution in [-0.2, 0) is 24.0 Å². The molecule has 24 heavy (non-hydrogen) atoms. The van der Waals surface area contributed by atoms with Crippen molar-refractivity contribution in [2.45, 2.75) is 51.6 Å². The fourth-order valence-electron chi connectivity index (χ4n) is 1.42. The number of ketones is 2. The van der Waals surface area contributed by atoms with Crippen molar-refractivity contribution in [2.24, 2.45) is 22.9 Å². The van der Waals surface area contributed by atoms with Crippen LogP contribution < -0.4 is 28.3 Å². The van der Waals surface area contributed by atoms with E-state index in [1.165, 1.54) is 13.8 Å². The summed E-state index contributed by atoms with van der Waals surface area (Å²) in [5, 5.41) is 2.50. The van der Waals surface area contributed by atoms with Crippen LogP contribution in [0.5, 0.6) is 0 Å². The van der Waals surface area contributed by atoms with Crippen molar-refractivity contribution in [3.63, 3.8) is 0 Å². The van der Waals surface area contributed by atoms with Crippen LogP contribution in [0.1, 0.15) is 39.5 Å². The lowest BCUT2D eigenvalue weighted by molar-refractivity contribution is -0.127. The zero-order chi connectivity index (χ0) is 19.3. The molecular formula is C14H27N5O5. The lowest BCUT2D eigenvalue weighted by atomic mass is 10.1. The molecule has 138 valence electrons. The summed E-state index contributed by atoms with van der Waals surface area (Å²) in [7, 11) is 0. The number of amides is 3. The van der Waals surface area contributed by atoms with Gasteiger partial charge in [-0.15, -0.1) is 0 Å². The molecule has 10 nitrogen and oxygen atoms in total. The molecule has 0 aromatic heterocycles. The van der Waals surface area contributed by atoms with Crippen LogP contribution in [0.2, 0.25) is 0 Å². The quantitative estimate of drug-likeness (QED) is 0.286. The Kier molecular flexibility index (Phi) is 13.1. The van der Waals surface area contributed by atoms with Gasteiger partial charge in [-0.3, -0.25) is 24.0 Å². The van der Waals surface area contributed by atoms with Crippen molar-refractivity contribution in [1.82, 2.24) is 5.32 Å². The predicted octanol–water partition coefficient (Wildman–Crippen LogP) is -2.55. The van der Waals surface area contributed by atoms with E-state index in [1.807, 2.05) is 0 Å². The number of carbonyl (C=O) groups excluding carboxylic acids is 5. The van der Waals surface area contributed by atoms with Gasteiger partial charge in [0.25, 0.3) is 0 Å². The van der Waals surface area contributed by atoms with Crippen molar-refractivity contribution in [2.75, 3.05) is 6.54 Å². The third-order valence-corrected chi connectivity index (χ3v) is 2.82. The van der Waals surface area contributed by atoms with E-state index >= 15 is 0 Å². The highest BCUT2D eigenvalue weighted by Gasteiger charge is 2.17. The van der Waals surface area contributed by atoms with E-state index in [4.69, 9.17) is 22.9 Å². The highest BCUT2D eigenvalue weighted by atomic mass is 16.2. The summed E-state index contributed by atoms with van der Waals surface area (Å²) in [6.07, 6.45) is 0.420. The summed E-state index contributed by atoms with van der Waals surface area (Å²) in [6.45, 7) is 2.91. The molecule has 10 heteroatoms. The Balaban J connectivity index is 0. The fourth-order valence-corrected chi connectivity index (χ4v) is 1.42. The molecule has 0 unspecified atom stereocenters. The summed E-state index contributed by atoms with van der Waals surface area (Å²) in [5.74, 6) is -1.73. The molecule has 3 amide bonds. The fraction of sp³-hybridized carbons (Fsp3) is 0.643. The van der Waals surface area contributed by atoms with Gasteiger partial charge in [-0.25, -0.2) is 0 Å². The van der Waals surface area contributed by atoms with Crippen LogP contribution >= 0.6 is 0 Å². The van der Waals surface area contributed by atoms with Gasteiger partial charge in [0.1, 0.15) is 5.78 Å². The van der Waals surface area contributed by atoms with Crippen LogP contribution in [0, 0.1) is 0 Å². The van der Waals surface area contributed by atoms with Gasteiger partial charge in [-0.2, -0.15) is 0 Å². The summed E-state index contributed by atoms with van der Waals surface area (Å²) < 4.78 is 0. The normalized spacial score (nSPS) is 12.2. The van der Waals surface area contributed by atoms with Gasteiger partial charge < -0.3 is 28.3 Å². The average Bonchev–Trinajstić information content (AvgIpc) is 2.43. The van der Waals surface area contributed by atoms with Crippen molar-refractivity contribution in [3.8, 4) is 0 Å². The lowest BCUT2D eigenvalue weighted by Gasteiger charge is -2.14. The smallest absolute Gasteiger partial charge is 0.221 e. The van der Waals surface area contributed by atoms with Crippen LogP contribution in [0.15, 0.2) is 0 Å². The average molecular weight is 345 g/mol. The van der Waals surface area contributed by atoms with Gasteiger partial charge in [0.15, 0.2) is 5.78 Å². The van der Waals surface area contributed by atoms with Crippen molar-refractivity contribution < 1.29 is 24.0 Å². The summed E-state index contributed by atoms with van der Waals surface area (Å²) >= 11 is 0. The molecule has 0 aliphatic heterocycles. The van der Waals surface area contributed by atoms with Gasteiger partial charge in [0, 0.05) is 25.8 Å². The standard InChI is InChI=1S/C9H17N3O3.C5H10N2O2/c1-6(13)7(2-3-8(11)14)12-9(15)4-5-10;1-3(8)4(6)2-5(7)9/h7H,2-5,10H2,1H3,(H2,11,14)(H,12,15);4H,2,6H2,1H3,(H2,7,9)/t7-;4-/m00/s1. The minimum Gasteiger partial charge on any atom is -0.370 e. The number of primary amides is 2. The van der Waals surface area contributed by atoms with Crippen LogP contribution in [0.25, 0.3) is 0 Å². The second kappa shape index (κ2) is 13.1. The first-order valence-corrected chi connectivity index (χ1v) is 7.33. The van der Waals surface area contributed by atoms with Crippen LogP contribution in [-0.4, -0.2) is 47.9 Å². The third kappa shape index (κ3) is 14.6. The van der Waals surface area contributed by atoms with Gasteiger partial charge in [0.2, 0.25) is 17.7 Å². The summed E-state index contributed by atoms with van der Waals surface area (Å²) in [4.78, 5) is 53.2. The maximum Gasteiger partial charge on any atom is 0.221 e. The van der Waals surface area contributed by atoms with E-state index in [1.54, 1.807) is 0 Å². The van der Waals surface area contributed by atoms with E-state index in [-0.39, 0.29) is 49.7 Å². The molecule has 0 radical (unpaired) electrons. The Hall–Kier alpha value is -2.33. The first-order chi connectivity index (χ1) is 11.0. The summed E-state index contributed by atoms with van der Waals surface area (Å²) in [5.41, 5.74) is 20.1. The monoisotopic (exact) mass is 345 g/mol. The number of nitrogens with one attached hydrogen (secondary N) is 1. The number of rotatable bonds is 10. The lowest BCUT2D eigenvalue weighted by Crippen LogP contribution is -2.41. The molecule has 0 heterocycles. The number of carbonyl (C=O) groups is 5. The zero-order valence-corrected chi connectivity index (χ0v) is 14.0. The number of hydrogen-bond donors (Lipinski definition) is 5. The molecular weight excluding hydrogens is 318 g/mol. The second-order valence-electron chi connectivity index (χ2n) is 5.16. The number of Topliss-reactive ketones (excluding diaryl/α,β-unsaturated/α-hetero) is 2. The zero-order valence-electron chi connectivity index (χ0n) is 14.0. The van der Waals surface area contributed by atoms with Gasteiger partial charge in [-0.05, 0) is 20.3 Å². The van der Waals surface area contributed by atoms with E-state index in [2.05, 4.69) is 5.32 Å². The van der Waals surface area contributed by atoms with Crippen molar-refractivity contribution in [1.29, 1.82) is 0 Å². The Labute approximate surface area is 140 Å². The second-order valence-corrected chi connectivity index (χ2v) is 5.16. The third-order valence-electron chi connectivity index (χ3n) is 2.82. The van der Waals surface area contributed by atoms with Gasteiger partial charge in [0.05, 0.1) is 12.1 Å². The molecule has 0 saturated heterocycles. The molecule has 0 aliphatic carbocycles. The first-order valence-electron chi connectivity index (χ1n) is 7.33. The topological polar surface area (TPSA) is 201 Å². The van der Waals surface area contributed by atoms with E-state index in [9.17, 15) is 24.0 Å². The van der Waals surface area contributed by atoms with Crippen molar-refractivity contribution in [3.05, 3.63) is 0 Å². The SMILES string of the molecule is CC(=O)[C@@H](N)CC(N)=O.CC(=O)[C@H](CCC(N)=O)NC(=O)CCN. The summed E-state index contributed by atoms with van der Waals surface area (Å²) in [6, 6.07) is -1.36. The minimum absolute atomic E-state index is 0.0602. The molecule has 0 aromatic rings. The van der Waals surface area contributed by atoms with Crippen LogP contribution in [0.4, 0.5) is 0 Å². The predicted molar refractivity (Wildman–Crippen MR) is 87.2 cm³/mol. The largest absolute Gasteiger partial charge is 0.370 e. The maximum atomic E-state index is 11.1. The van der Waals surface area contributed by atoms with E-state index in [0.29, 0.717) is 0 Å². The van der Waals surface area contributed by atoms with E-state index in [0.717, 1.165) is 0 Å². The molecule has 9 N–H and O–H groups in total. The molecule has 0 bridgehead atoms. The van der Waals surface area contributed by atoms with Crippen LogP contribution in [0.3, 0.4) is 0 Å². The molecule has 0 spiro atoms. The first kappa shape index (κ1) is 23.9. The van der Waals surface area contributed by atoms with Gasteiger partial charge in [-0.1, -0.05) is 0 Å². The molecule has 0 saturated carbocycles. The Morgan fingerprint density at radius 1 is 0.917 bits per heavy atom. The highest BCUT2D eigenvalue weighted by Crippen LogP contribution is 1.98. The van der Waals surface area contributed by atoms with Crippen molar-refractivity contribution >= 4 is 29.3 Å². The van der Waals surface area contributed by atoms with E-state index < -0.39 is 23.9 Å². The Morgan fingerprint density at radius 2 is 1.46 bits per heavy atom. The molecule has 0 rings (SSSR count).